The predicted molar refractivity (Wildman–Crippen MR) is 84.9 cm³/mol. The second-order valence-electron chi connectivity index (χ2n) is 5.57. The molecule has 1 aromatic rings. The van der Waals surface area contributed by atoms with Crippen molar-refractivity contribution < 1.29 is 19.1 Å². The molecule has 8 heteroatoms. The van der Waals surface area contributed by atoms with Crippen LogP contribution in [0.1, 0.15) is 26.3 Å². The van der Waals surface area contributed by atoms with E-state index in [1.807, 2.05) is 0 Å². The van der Waals surface area contributed by atoms with Gasteiger partial charge < -0.3 is 20.9 Å². The molecule has 118 valence electrons. The van der Waals surface area contributed by atoms with Crippen molar-refractivity contribution in [1.29, 1.82) is 0 Å². The standard InChI is InChI=1S/C13H19BrN2O4S/c1-12(2,3)20-11(18)13(16,10(17)19-4)5-7-8(14)6-21-9(7)15/h6H,5,15-16H2,1-4H3. The number of anilines is 1. The van der Waals surface area contributed by atoms with Gasteiger partial charge in [0, 0.05) is 21.8 Å². The summed E-state index contributed by atoms with van der Waals surface area (Å²) in [5.41, 5.74) is 9.72. The lowest BCUT2D eigenvalue weighted by Crippen LogP contribution is -2.59. The molecule has 1 atom stereocenters. The molecule has 0 amide bonds. The Hall–Kier alpha value is -1.12. The molecule has 0 saturated carbocycles. The second-order valence-corrected chi connectivity index (χ2v) is 7.33. The van der Waals surface area contributed by atoms with Crippen LogP contribution >= 0.6 is 27.3 Å². The number of hydrogen-bond acceptors (Lipinski definition) is 7. The fourth-order valence-corrected chi connectivity index (χ4v) is 3.07. The van der Waals surface area contributed by atoms with E-state index in [1.165, 1.54) is 18.4 Å². The largest absolute Gasteiger partial charge is 0.467 e. The summed E-state index contributed by atoms with van der Waals surface area (Å²) in [5, 5.41) is 2.24. The summed E-state index contributed by atoms with van der Waals surface area (Å²) in [6, 6.07) is 0. The molecule has 21 heavy (non-hydrogen) atoms. The minimum absolute atomic E-state index is 0.107. The molecule has 6 nitrogen and oxygen atoms in total. The van der Waals surface area contributed by atoms with Crippen molar-refractivity contribution in [3.8, 4) is 0 Å². The maximum atomic E-state index is 12.3. The SMILES string of the molecule is COC(=O)C(N)(Cc1c(Br)csc1N)C(=O)OC(C)(C)C. The summed E-state index contributed by atoms with van der Waals surface area (Å²) in [5.74, 6) is -1.71. The Labute approximate surface area is 135 Å². The van der Waals surface area contributed by atoms with E-state index in [0.717, 1.165) is 0 Å². The zero-order chi connectivity index (χ0) is 16.4. The average Bonchev–Trinajstić information content (AvgIpc) is 2.67. The lowest BCUT2D eigenvalue weighted by molar-refractivity contribution is -0.170. The first-order chi connectivity index (χ1) is 9.51. The minimum Gasteiger partial charge on any atom is -0.467 e. The third-order valence-corrected chi connectivity index (χ3v) is 4.51. The summed E-state index contributed by atoms with van der Waals surface area (Å²) < 4.78 is 10.6. The van der Waals surface area contributed by atoms with Crippen LogP contribution in [0.4, 0.5) is 5.00 Å². The normalized spacial score (nSPS) is 14.4. The summed E-state index contributed by atoms with van der Waals surface area (Å²) >= 11 is 4.61. The van der Waals surface area contributed by atoms with Crippen LogP contribution in [0, 0.1) is 0 Å². The number of carbonyl (C=O) groups excluding carboxylic acids is 2. The number of esters is 2. The Morgan fingerprint density at radius 2 is 1.90 bits per heavy atom. The maximum absolute atomic E-state index is 12.3. The lowest BCUT2D eigenvalue weighted by Gasteiger charge is -2.29. The monoisotopic (exact) mass is 378 g/mol. The molecule has 4 N–H and O–H groups in total. The fourth-order valence-electron chi connectivity index (χ4n) is 1.60. The first-order valence-corrected chi connectivity index (χ1v) is 7.80. The fraction of sp³-hybridized carbons (Fsp3) is 0.538. The summed E-state index contributed by atoms with van der Waals surface area (Å²) in [7, 11) is 1.17. The van der Waals surface area contributed by atoms with Gasteiger partial charge in [-0.15, -0.1) is 11.3 Å². The van der Waals surface area contributed by atoms with Crippen molar-refractivity contribution in [2.45, 2.75) is 38.3 Å². The van der Waals surface area contributed by atoms with Gasteiger partial charge in [0.25, 0.3) is 0 Å². The Kier molecular flexibility index (Phi) is 5.40. The predicted octanol–water partition coefficient (Wildman–Crippen LogP) is 1.85. The van der Waals surface area contributed by atoms with E-state index in [0.29, 0.717) is 15.0 Å². The van der Waals surface area contributed by atoms with Crippen LogP contribution in [0.3, 0.4) is 0 Å². The Morgan fingerprint density at radius 1 is 1.33 bits per heavy atom. The molecule has 0 bridgehead atoms. The zero-order valence-corrected chi connectivity index (χ0v) is 14.8. The van der Waals surface area contributed by atoms with E-state index in [2.05, 4.69) is 20.7 Å². The molecule has 0 saturated heterocycles. The quantitative estimate of drug-likeness (QED) is 0.611. The Balaban J connectivity index is 3.16. The van der Waals surface area contributed by atoms with E-state index in [9.17, 15) is 9.59 Å². The van der Waals surface area contributed by atoms with Crippen LogP contribution in [-0.2, 0) is 25.5 Å². The molecule has 0 aliphatic heterocycles. The second kappa shape index (κ2) is 6.33. The first kappa shape index (κ1) is 17.9. The maximum Gasteiger partial charge on any atom is 0.338 e. The molecule has 0 fully saturated rings. The highest BCUT2D eigenvalue weighted by atomic mass is 79.9. The molecule has 0 aliphatic rings. The van der Waals surface area contributed by atoms with Crippen molar-refractivity contribution in [2.75, 3.05) is 12.8 Å². The van der Waals surface area contributed by atoms with Gasteiger partial charge in [-0.05, 0) is 36.7 Å². The van der Waals surface area contributed by atoms with Gasteiger partial charge >= 0.3 is 11.9 Å². The van der Waals surface area contributed by atoms with Crippen molar-refractivity contribution in [2.24, 2.45) is 5.73 Å². The Bertz CT molecular complexity index is 533. The van der Waals surface area contributed by atoms with E-state index < -0.39 is 23.1 Å². The summed E-state index contributed by atoms with van der Waals surface area (Å²) in [6.07, 6.45) is -0.107. The molecular formula is C13H19BrN2O4S. The average molecular weight is 379 g/mol. The van der Waals surface area contributed by atoms with E-state index >= 15 is 0 Å². The highest BCUT2D eigenvalue weighted by Gasteiger charge is 2.47. The highest BCUT2D eigenvalue weighted by molar-refractivity contribution is 9.10. The third kappa shape index (κ3) is 4.18. The number of halogens is 1. The molecule has 0 aliphatic carbocycles. The van der Waals surface area contributed by atoms with E-state index in [-0.39, 0.29) is 6.42 Å². The van der Waals surface area contributed by atoms with Crippen LogP contribution in [0.15, 0.2) is 9.85 Å². The van der Waals surface area contributed by atoms with Crippen LogP contribution in [0.5, 0.6) is 0 Å². The van der Waals surface area contributed by atoms with Crippen LogP contribution in [0.25, 0.3) is 0 Å². The van der Waals surface area contributed by atoms with Gasteiger partial charge in [0.2, 0.25) is 5.54 Å². The van der Waals surface area contributed by atoms with Crippen LogP contribution in [-0.4, -0.2) is 30.2 Å². The van der Waals surface area contributed by atoms with E-state index in [1.54, 1.807) is 26.2 Å². The van der Waals surface area contributed by atoms with Gasteiger partial charge in [-0.1, -0.05) is 0 Å². The smallest absolute Gasteiger partial charge is 0.338 e. The van der Waals surface area contributed by atoms with E-state index in [4.69, 9.17) is 16.2 Å². The van der Waals surface area contributed by atoms with Gasteiger partial charge in [0.15, 0.2) is 0 Å². The number of hydrogen-bond donors (Lipinski definition) is 2. The minimum atomic E-state index is -1.94. The topological polar surface area (TPSA) is 105 Å². The molecule has 1 unspecified atom stereocenters. The van der Waals surface area contributed by atoms with Crippen molar-refractivity contribution in [3.05, 3.63) is 15.4 Å². The number of carbonyl (C=O) groups is 2. The molecule has 1 heterocycles. The van der Waals surface area contributed by atoms with Gasteiger partial charge in [-0.2, -0.15) is 0 Å². The number of thiophene rings is 1. The number of methoxy groups -OCH3 is 1. The Morgan fingerprint density at radius 3 is 2.29 bits per heavy atom. The number of nitrogens with two attached hydrogens (primary N) is 2. The summed E-state index contributed by atoms with van der Waals surface area (Å²) in [6.45, 7) is 5.08. The molecular weight excluding hydrogens is 360 g/mol. The van der Waals surface area contributed by atoms with Gasteiger partial charge in [-0.25, -0.2) is 9.59 Å². The van der Waals surface area contributed by atoms with Gasteiger partial charge in [-0.3, -0.25) is 0 Å². The highest BCUT2D eigenvalue weighted by Crippen LogP contribution is 2.33. The van der Waals surface area contributed by atoms with Crippen LogP contribution in [0.2, 0.25) is 0 Å². The number of rotatable bonds is 4. The molecule has 0 radical (unpaired) electrons. The van der Waals surface area contributed by atoms with Crippen molar-refractivity contribution in [1.82, 2.24) is 0 Å². The zero-order valence-electron chi connectivity index (χ0n) is 12.4. The first-order valence-electron chi connectivity index (χ1n) is 6.13. The molecule has 1 aromatic heterocycles. The molecule has 1 rings (SSSR count). The number of ether oxygens (including phenoxy) is 2. The van der Waals surface area contributed by atoms with Crippen molar-refractivity contribution in [3.63, 3.8) is 0 Å². The van der Waals surface area contributed by atoms with Crippen molar-refractivity contribution >= 4 is 44.2 Å². The number of nitrogen functional groups attached to an aromatic ring is 1. The van der Waals surface area contributed by atoms with Gasteiger partial charge in [0.05, 0.1) is 12.1 Å². The molecule has 0 aromatic carbocycles. The summed E-state index contributed by atoms with van der Waals surface area (Å²) in [4.78, 5) is 24.3. The third-order valence-electron chi connectivity index (χ3n) is 2.64. The van der Waals surface area contributed by atoms with Crippen LogP contribution < -0.4 is 11.5 Å². The van der Waals surface area contributed by atoms with Gasteiger partial charge in [0.1, 0.15) is 5.60 Å². The lowest BCUT2D eigenvalue weighted by atomic mass is 9.92. The molecule has 0 spiro atoms.